The summed E-state index contributed by atoms with van der Waals surface area (Å²) in [7, 11) is -2.43. The number of hydrogen-bond donors (Lipinski definition) is 2. The number of amides is 1. The highest BCUT2D eigenvalue weighted by molar-refractivity contribution is 7.72. The number of likely N-dealkylation sites (tertiary alicyclic amines) is 1. The van der Waals surface area contributed by atoms with Crippen LogP contribution in [0.15, 0.2) is 36.4 Å². The van der Waals surface area contributed by atoms with Crippen molar-refractivity contribution < 1.29 is 27.9 Å². The van der Waals surface area contributed by atoms with Crippen LogP contribution in [0, 0.1) is 5.92 Å². The summed E-state index contributed by atoms with van der Waals surface area (Å²) in [6.07, 6.45) is 1.23. The third kappa shape index (κ3) is 3.44. The van der Waals surface area contributed by atoms with Gasteiger partial charge in [-0.3, -0.25) is 14.4 Å². The molecule has 0 radical (unpaired) electrons. The van der Waals surface area contributed by atoms with Crippen LogP contribution in [0.4, 0.5) is 0 Å². The molecule has 1 fully saturated rings. The third-order valence-electron chi connectivity index (χ3n) is 5.58. The van der Waals surface area contributed by atoms with Crippen LogP contribution < -0.4 is 0 Å². The van der Waals surface area contributed by atoms with Gasteiger partial charge in [-0.25, -0.2) is 8.42 Å². The van der Waals surface area contributed by atoms with Crippen LogP contribution in [0.3, 0.4) is 0 Å². The molecule has 1 aliphatic carbocycles. The summed E-state index contributed by atoms with van der Waals surface area (Å²) in [5.74, 6) is -1.14. The van der Waals surface area contributed by atoms with Gasteiger partial charge in [0.1, 0.15) is 16.5 Å². The third-order valence-corrected chi connectivity index (χ3v) is 6.39. The van der Waals surface area contributed by atoms with Gasteiger partial charge in [0, 0.05) is 35.3 Å². The van der Waals surface area contributed by atoms with Crippen LogP contribution in [0.25, 0.3) is 0 Å². The van der Waals surface area contributed by atoms with Crippen molar-refractivity contribution in [3.8, 4) is 5.75 Å². The average molecular weight is 413 g/mol. The van der Waals surface area contributed by atoms with E-state index >= 15 is 0 Å². The van der Waals surface area contributed by atoms with Gasteiger partial charge in [-0.2, -0.15) is 0 Å². The zero-order chi connectivity index (χ0) is 20.7. The lowest BCUT2D eigenvalue weighted by atomic mass is 9.82. The van der Waals surface area contributed by atoms with Crippen molar-refractivity contribution in [3.05, 3.63) is 64.2 Å². The highest BCUT2D eigenvalue weighted by atomic mass is 32.2. The molecule has 29 heavy (non-hydrogen) atoms. The number of carbonyl (C=O) groups is 3. The first-order chi connectivity index (χ1) is 13.9. The second-order valence-corrected chi connectivity index (χ2v) is 8.40. The first-order valence-electron chi connectivity index (χ1n) is 9.33. The van der Waals surface area contributed by atoms with Crippen LogP contribution in [0.2, 0.25) is 0 Å². The molecule has 1 N–H and O–H groups in total. The van der Waals surface area contributed by atoms with Gasteiger partial charge in [-0.05, 0) is 43.0 Å². The van der Waals surface area contributed by atoms with Gasteiger partial charge >= 0.3 is 0 Å². The molecule has 1 heterocycles. The average Bonchev–Trinajstić information content (AvgIpc) is 2.71. The summed E-state index contributed by atoms with van der Waals surface area (Å²) in [6.45, 7) is 0.903. The second-order valence-electron chi connectivity index (χ2n) is 7.37. The van der Waals surface area contributed by atoms with Gasteiger partial charge in [0.25, 0.3) is 5.91 Å². The van der Waals surface area contributed by atoms with E-state index in [-0.39, 0.29) is 45.6 Å². The minimum absolute atomic E-state index is 0.0112. The Hall–Kier alpha value is -3.00. The van der Waals surface area contributed by atoms with Crippen molar-refractivity contribution in [3.63, 3.8) is 0 Å². The molecule has 1 saturated heterocycles. The molecule has 150 valence electrons. The smallest absolute Gasteiger partial charge is 0.253 e. The van der Waals surface area contributed by atoms with Crippen molar-refractivity contribution in [1.29, 1.82) is 0 Å². The molecule has 1 aliphatic heterocycles. The highest BCUT2D eigenvalue weighted by Gasteiger charge is 2.33. The number of nitrogens with zero attached hydrogens (tertiary/aromatic N) is 1. The van der Waals surface area contributed by atoms with E-state index in [0.29, 0.717) is 31.5 Å². The maximum absolute atomic E-state index is 12.9. The van der Waals surface area contributed by atoms with Crippen molar-refractivity contribution in [2.24, 2.45) is 5.92 Å². The standard InChI is InChI=1S/C21H19NO6S/c23-17-3-1-2-15-18(17)20(25)14-5-4-13(10-16(14)19(15)24)21(26)22-8-6-12(7-9-22)11-29(27)28/h1-5,10,12,23,29H,6-9,11H2. The van der Waals surface area contributed by atoms with E-state index in [1.165, 1.54) is 36.4 Å². The number of aromatic hydroxyl groups is 1. The number of fused-ring (bicyclic) bond motifs is 2. The predicted octanol–water partition coefficient (Wildman–Crippen LogP) is 1.63. The number of benzene rings is 2. The molecule has 0 atom stereocenters. The quantitative estimate of drug-likeness (QED) is 0.632. The molecule has 0 aromatic heterocycles. The molecule has 0 saturated carbocycles. The number of ketones is 2. The molecule has 2 aliphatic rings. The number of phenolic OH excluding ortho intramolecular Hbond substituents is 1. The van der Waals surface area contributed by atoms with E-state index in [0.717, 1.165) is 0 Å². The minimum Gasteiger partial charge on any atom is -0.507 e. The zero-order valence-electron chi connectivity index (χ0n) is 15.5. The zero-order valence-corrected chi connectivity index (χ0v) is 16.4. The van der Waals surface area contributed by atoms with E-state index in [4.69, 9.17) is 0 Å². The van der Waals surface area contributed by atoms with E-state index < -0.39 is 22.3 Å². The molecule has 0 unspecified atom stereocenters. The normalized spacial score (nSPS) is 16.7. The SMILES string of the molecule is O=C1c2cc(C(=O)N3CCC(C[SH](=O)=O)CC3)ccc2C(=O)c2c(O)cccc21. The number of thiol groups is 1. The minimum atomic E-state index is -2.43. The van der Waals surface area contributed by atoms with Crippen LogP contribution >= 0.6 is 0 Å². The summed E-state index contributed by atoms with van der Waals surface area (Å²) >= 11 is 0. The molecule has 0 spiro atoms. The molecule has 7 nitrogen and oxygen atoms in total. The Morgan fingerprint density at radius 1 is 1.00 bits per heavy atom. The first kappa shape index (κ1) is 19.3. The number of rotatable bonds is 3. The summed E-state index contributed by atoms with van der Waals surface area (Å²) in [6, 6.07) is 8.74. The molecule has 0 bridgehead atoms. The summed E-state index contributed by atoms with van der Waals surface area (Å²) < 4.78 is 21.8. The lowest BCUT2D eigenvalue weighted by Gasteiger charge is -2.31. The lowest BCUT2D eigenvalue weighted by molar-refractivity contribution is 0.0698. The molecule has 1 amide bonds. The van der Waals surface area contributed by atoms with Gasteiger partial charge in [0.2, 0.25) is 0 Å². The highest BCUT2D eigenvalue weighted by Crippen LogP contribution is 2.33. The fourth-order valence-electron chi connectivity index (χ4n) is 4.02. The molecular weight excluding hydrogens is 394 g/mol. The Morgan fingerprint density at radius 2 is 1.72 bits per heavy atom. The molecule has 2 aromatic carbocycles. The number of phenols is 1. The van der Waals surface area contributed by atoms with E-state index in [1.54, 1.807) is 4.90 Å². The topological polar surface area (TPSA) is 109 Å². The Labute approximate surface area is 168 Å². The summed E-state index contributed by atoms with van der Waals surface area (Å²) in [5, 5.41) is 9.99. The molecule has 4 rings (SSSR count). The fraction of sp³-hybridized carbons (Fsp3) is 0.286. The van der Waals surface area contributed by atoms with Crippen LogP contribution in [-0.2, 0) is 10.7 Å². The number of carbonyl (C=O) groups excluding carboxylic acids is 3. The van der Waals surface area contributed by atoms with Crippen molar-refractivity contribution in [1.82, 2.24) is 4.90 Å². The Balaban J connectivity index is 1.59. The maximum Gasteiger partial charge on any atom is 0.253 e. The largest absolute Gasteiger partial charge is 0.507 e. The van der Waals surface area contributed by atoms with E-state index in [9.17, 15) is 27.9 Å². The number of hydrogen-bond acceptors (Lipinski definition) is 6. The van der Waals surface area contributed by atoms with Gasteiger partial charge in [-0.1, -0.05) is 12.1 Å². The second kappa shape index (κ2) is 7.44. The van der Waals surface area contributed by atoms with Crippen molar-refractivity contribution in [2.45, 2.75) is 12.8 Å². The van der Waals surface area contributed by atoms with Gasteiger partial charge in [0.15, 0.2) is 11.6 Å². The molecule has 8 heteroatoms. The van der Waals surface area contributed by atoms with Crippen LogP contribution in [-0.4, -0.2) is 54.7 Å². The summed E-state index contributed by atoms with van der Waals surface area (Å²) in [5.41, 5.74) is 0.736. The van der Waals surface area contributed by atoms with Gasteiger partial charge < -0.3 is 10.0 Å². The van der Waals surface area contributed by atoms with Gasteiger partial charge in [-0.15, -0.1) is 0 Å². The van der Waals surface area contributed by atoms with Crippen molar-refractivity contribution >= 4 is 28.2 Å². The van der Waals surface area contributed by atoms with Crippen LogP contribution in [0.1, 0.15) is 55.0 Å². The Kier molecular flexibility index (Phi) is 4.96. The number of piperidine rings is 1. The first-order valence-corrected chi connectivity index (χ1v) is 10.7. The lowest BCUT2D eigenvalue weighted by Crippen LogP contribution is -2.39. The monoisotopic (exact) mass is 413 g/mol. The maximum atomic E-state index is 12.9. The van der Waals surface area contributed by atoms with E-state index in [2.05, 4.69) is 0 Å². The fourth-order valence-corrected chi connectivity index (χ4v) is 4.81. The Bertz CT molecular complexity index is 1100. The van der Waals surface area contributed by atoms with Gasteiger partial charge in [0.05, 0.1) is 11.3 Å². The molecular formula is C21H19NO6S. The van der Waals surface area contributed by atoms with Crippen LogP contribution in [0.5, 0.6) is 5.75 Å². The summed E-state index contributed by atoms with van der Waals surface area (Å²) in [4.78, 5) is 40.1. The molecule has 2 aromatic rings. The van der Waals surface area contributed by atoms with E-state index in [1.807, 2.05) is 0 Å². The Morgan fingerprint density at radius 3 is 2.41 bits per heavy atom. The predicted molar refractivity (Wildman–Crippen MR) is 105 cm³/mol. The van der Waals surface area contributed by atoms with Crippen molar-refractivity contribution in [2.75, 3.05) is 18.8 Å².